The Bertz CT molecular complexity index is 341. The van der Waals surface area contributed by atoms with Gasteiger partial charge in [-0.05, 0) is 6.42 Å². The quantitative estimate of drug-likeness (QED) is 0.783. The molecule has 0 saturated carbocycles. The minimum Gasteiger partial charge on any atom is -0.453 e. The molecule has 6 nitrogen and oxygen atoms in total. The SMILES string of the molecule is COC(=O)N[C@@H](CC1CN(C)C=N1)C(=O)C(C)C. The third kappa shape index (κ3) is 4.01. The van der Waals surface area contributed by atoms with Crippen molar-refractivity contribution in [1.82, 2.24) is 10.2 Å². The molecule has 1 aliphatic rings. The van der Waals surface area contributed by atoms with Crippen LogP contribution in [0.5, 0.6) is 0 Å². The third-order valence-corrected chi connectivity index (χ3v) is 2.87. The predicted octanol–water partition coefficient (Wildman–Crippen LogP) is 0.668. The van der Waals surface area contributed by atoms with Gasteiger partial charge >= 0.3 is 6.09 Å². The van der Waals surface area contributed by atoms with Crippen LogP contribution in [0.25, 0.3) is 0 Å². The maximum atomic E-state index is 12.0. The molecule has 18 heavy (non-hydrogen) atoms. The molecular weight excluding hydrogens is 234 g/mol. The number of carbonyl (C=O) groups is 2. The Hall–Kier alpha value is -1.59. The number of ether oxygens (including phenoxy) is 1. The van der Waals surface area contributed by atoms with Gasteiger partial charge in [0.2, 0.25) is 0 Å². The lowest BCUT2D eigenvalue weighted by Crippen LogP contribution is -2.44. The second-order valence-corrected chi connectivity index (χ2v) is 4.84. The first kappa shape index (κ1) is 14.5. The smallest absolute Gasteiger partial charge is 0.407 e. The predicted molar refractivity (Wildman–Crippen MR) is 68.7 cm³/mol. The number of hydrogen-bond donors (Lipinski definition) is 1. The van der Waals surface area contributed by atoms with E-state index in [1.807, 2.05) is 25.8 Å². The molecule has 0 aliphatic carbocycles. The van der Waals surface area contributed by atoms with Crippen molar-refractivity contribution in [2.75, 3.05) is 20.7 Å². The lowest BCUT2D eigenvalue weighted by Gasteiger charge is -2.21. The van der Waals surface area contributed by atoms with Crippen molar-refractivity contribution in [2.24, 2.45) is 10.9 Å². The summed E-state index contributed by atoms with van der Waals surface area (Å²) in [6.45, 7) is 4.40. The highest BCUT2D eigenvalue weighted by Gasteiger charge is 2.28. The topological polar surface area (TPSA) is 71.0 Å². The number of methoxy groups -OCH3 is 1. The van der Waals surface area contributed by atoms with Gasteiger partial charge in [-0.25, -0.2) is 4.79 Å². The highest BCUT2D eigenvalue weighted by Crippen LogP contribution is 2.12. The van der Waals surface area contributed by atoms with Crippen LogP contribution < -0.4 is 5.32 Å². The second kappa shape index (κ2) is 6.37. The third-order valence-electron chi connectivity index (χ3n) is 2.87. The summed E-state index contributed by atoms with van der Waals surface area (Å²) in [5, 5.41) is 2.59. The van der Waals surface area contributed by atoms with Gasteiger partial charge in [0, 0.05) is 19.5 Å². The van der Waals surface area contributed by atoms with Gasteiger partial charge in [0.05, 0.1) is 25.5 Å². The number of Topliss-reactive ketones (excluding diaryl/α,β-unsaturated/α-hetero) is 1. The van der Waals surface area contributed by atoms with Crippen molar-refractivity contribution < 1.29 is 14.3 Å². The molecule has 1 heterocycles. The van der Waals surface area contributed by atoms with Crippen molar-refractivity contribution in [3.63, 3.8) is 0 Å². The van der Waals surface area contributed by atoms with Gasteiger partial charge in [-0.15, -0.1) is 0 Å². The maximum absolute atomic E-state index is 12.0. The van der Waals surface area contributed by atoms with Gasteiger partial charge in [0.1, 0.15) is 0 Å². The number of alkyl carbamates (subject to hydrolysis) is 1. The van der Waals surface area contributed by atoms with Crippen LogP contribution in [0.2, 0.25) is 0 Å². The Kier molecular flexibility index (Phi) is 5.12. The van der Waals surface area contributed by atoms with Crippen LogP contribution >= 0.6 is 0 Å². The molecule has 102 valence electrons. The zero-order valence-corrected chi connectivity index (χ0v) is 11.3. The van der Waals surface area contributed by atoms with Crippen molar-refractivity contribution in [2.45, 2.75) is 32.4 Å². The fraction of sp³-hybridized carbons (Fsp3) is 0.750. The standard InChI is InChI=1S/C12H21N3O3/c1-8(2)11(16)10(14-12(17)18-4)5-9-6-15(3)7-13-9/h7-10H,5-6H2,1-4H3,(H,14,17)/t9?,10-/m0/s1. The molecule has 0 aromatic carbocycles. The highest BCUT2D eigenvalue weighted by atomic mass is 16.5. The number of nitrogens with one attached hydrogen (secondary N) is 1. The van der Waals surface area contributed by atoms with Crippen LogP contribution in [0.3, 0.4) is 0 Å². The van der Waals surface area contributed by atoms with E-state index < -0.39 is 12.1 Å². The number of ketones is 1. The van der Waals surface area contributed by atoms with Gasteiger partial charge in [-0.2, -0.15) is 0 Å². The first-order valence-corrected chi connectivity index (χ1v) is 6.05. The number of hydrogen-bond acceptors (Lipinski definition) is 5. The van der Waals surface area contributed by atoms with E-state index in [2.05, 4.69) is 15.0 Å². The largest absolute Gasteiger partial charge is 0.453 e. The van der Waals surface area contributed by atoms with E-state index in [1.165, 1.54) is 7.11 Å². The normalized spacial score (nSPS) is 20.1. The molecule has 1 aliphatic heterocycles. The molecule has 2 atom stereocenters. The minimum atomic E-state index is -0.579. The monoisotopic (exact) mass is 255 g/mol. The Morgan fingerprint density at radius 1 is 1.56 bits per heavy atom. The summed E-state index contributed by atoms with van der Waals surface area (Å²) in [6, 6.07) is -0.494. The molecule has 0 spiro atoms. The van der Waals surface area contributed by atoms with Crippen molar-refractivity contribution in [3.05, 3.63) is 0 Å². The number of rotatable bonds is 5. The van der Waals surface area contributed by atoms with Crippen LogP contribution in [-0.4, -0.2) is 55.9 Å². The fourth-order valence-electron chi connectivity index (χ4n) is 1.89. The van der Waals surface area contributed by atoms with Crippen LogP contribution in [0, 0.1) is 5.92 Å². The van der Waals surface area contributed by atoms with E-state index >= 15 is 0 Å². The van der Waals surface area contributed by atoms with Gasteiger partial charge in [0.25, 0.3) is 0 Å². The van der Waals surface area contributed by atoms with E-state index in [0.717, 1.165) is 6.54 Å². The molecule has 0 radical (unpaired) electrons. The molecular formula is C12H21N3O3. The average Bonchev–Trinajstić information content (AvgIpc) is 2.72. The van der Waals surface area contributed by atoms with Crippen molar-refractivity contribution >= 4 is 18.2 Å². The number of nitrogens with zero attached hydrogens (tertiary/aromatic N) is 2. The minimum absolute atomic E-state index is 0.00477. The number of likely N-dealkylation sites (N-methyl/N-ethyl adjacent to an activating group) is 1. The van der Waals surface area contributed by atoms with Gasteiger partial charge < -0.3 is 15.0 Å². The molecule has 1 rings (SSSR count). The highest BCUT2D eigenvalue weighted by molar-refractivity contribution is 5.88. The zero-order chi connectivity index (χ0) is 13.7. The zero-order valence-electron chi connectivity index (χ0n) is 11.3. The lowest BCUT2D eigenvalue weighted by molar-refractivity contribution is -0.124. The van der Waals surface area contributed by atoms with E-state index in [-0.39, 0.29) is 17.7 Å². The molecule has 0 aromatic heterocycles. The summed E-state index contributed by atoms with van der Waals surface area (Å²) in [5.74, 6) is -0.125. The second-order valence-electron chi connectivity index (χ2n) is 4.84. The average molecular weight is 255 g/mol. The first-order valence-electron chi connectivity index (χ1n) is 6.05. The Labute approximate surface area is 107 Å². The molecule has 1 amide bonds. The molecule has 0 saturated heterocycles. The molecule has 1 N–H and O–H groups in total. The first-order chi connectivity index (χ1) is 8.43. The van der Waals surface area contributed by atoms with E-state index in [0.29, 0.717) is 6.42 Å². The summed E-state index contributed by atoms with van der Waals surface area (Å²) < 4.78 is 4.55. The maximum Gasteiger partial charge on any atom is 0.407 e. The van der Waals surface area contributed by atoms with Gasteiger partial charge in [0.15, 0.2) is 5.78 Å². The van der Waals surface area contributed by atoms with E-state index in [9.17, 15) is 9.59 Å². The van der Waals surface area contributed by atoms with Gasteiger partial charge in [-0.3, -0.25) is 9.79 Å². The fourth-order valence-corrected chi connectivity index (χ4v) is 1.89. The Morgan fingerprint density at radius 3 is 2.67 bits per heavy atom. The Morgan fingerprint density at radius 2 is 2.22 bits per heavy atom. The lowest BCUT2D eigenvalue weighted by atomic mass is 9.96. The van der Waals surface area contributed by atoms with E-state index in [1.54, 1.807) is 6.34 Å². The summed E-state index contributed by atoms with van der Waals surface area (Å²) in [7, 11) is 3.21. The summed E-state index contributed by atoms with van der Waals surface area (Å²) in [6.07, 6.45) is 1.68. The summed E-state index contributed by atoms with van der Waals surface area (Å²) in [5.41, 5.74) is 0. The van der Waals surface area contributed by atoms with Crippen LogP contribution in [0.15, 0.2) is 4.99 Å². The number of aliphatic imine (C=N–C) groups is 1. The Balaban J connectivity index is 2.62. The van der Waals surface area contributed by atoms with Crippen LogP contribution in [0.4, 0.5) is 4.79 Å². The number of carbonyl (C=O) groups excluding carboxylic acids is 2. The van der Waals surface area contributed by atoms with Crippen molar-refractivity contribution in [3.8, 4) is 0 Å². The van der Waals surface area contributed by atoms with Crippen LogP contribution in [-0.2, 0) is 9.53 Å². The summed E-state index contributed by atoms with van der Waals surface area (Å²) in [4.78, 5) is 29.5. The molecule has 0 bridgehead atoms. The van der Waals surface area contributed by atoms with Crippen LogP contribution in [0.1, 0.15) is 20.3 Å². The van der Waals surface area contributed by atoms with Crippen molar-refractivity contribution in [1.29, 1.82) is 0 Å². The molecule has 1 unspecified atom stereocenters. The summed E-state index contributed by atoms with van der Waals surface area (Å²) >= 11 is 0. The van der Waals surface area contributed by atoms with E-state index in [4.69, 9.17) is 0 Å². The molecule has 0 aromatic rings. The molecule has 0 fully saturated rings. The number of amides is 1. The molecule has 6 heteroatoms. The van der Waals surface area contributed by atoms with Gasteiger partial charge in [-0.1, -0.05) is 13.8 Å².